The molecule has 1 rings (SSSR count). The van der Waals surface area contributed by atoms with E-state index >= 15 is 0 Å². The van der Waals surface area contributed by atoms with Crippen molar-refractivity contribution in [3.63, 3.8) is 0 Å². The Morgan fingerprint density at radius 2 is 2.00 bits per heavy atom. The van der Waals surface area contributed by atoms with Crippen molar-refractivity contribution in [1.29, 1.82) is 0 Å². The molecule has 1 aromatic rings. The Bertz CT molecular complexity index is 331. The minimum Gasteiger partial charge on any atom is -0.489 e. The number of anilines is 1. The number of aliphatic hydroxyl groups is 1. The van der Waals surface area contributed by atoms with Gasteiger partial charge in [0.15, 0.2) is 0 Å². The first kappa shape index (κ1) is 14.2. The van der Waals surface area contributed by atoms with Gasteiger partial charge >= 0.3 is 0 Å². The van der Waals surface area contributed by atoms with Gasteiger partial charge in [-0.3, -0.25) is 0 Å². The predicted molar refractivity (Wildman–Crippen MR) is 74.5 cm³/mol. The van der Waals surface area contributed by atoms with Crippen LogP contribution in [-0.4, -0.2) is 29.3 Å². The molecule has 0 radical (unpaired) electrons. The van der Waals surface area contributed by atoms with Crippen LogP contribution >= 0.6 is 11.8 Å². The summed E-state index contributed by atoms with van der Waals surface area (Å²) in [5, 5.41) is 9.73. The molecule has 0 aliphatic rings. The monoisotopic (exact) mass is 255 g/mol. The van der Waals surface area contributed by atoms with Crippen LogP contribution in [-0.2, 0) is 0 Å². The largest absolute Gasteiger partial charge is 0.489 e. The highest BCUT2D eigenvalue weighted by Gasteiger charge is 2.07. The van der Waals surface area contributed by atoms with Gasteiger partial charge in [0.05, 0.1) is 11.8 Å². The topological polar surface area (TPSA) is 55.5 Å². The molecule has 0 saturated heterocycles. The zero-order chi connectivity index (χ0) is 12.7. The van der Waals surface area contributed by atoms with Gasteiger partial charge in [-0.05, 0) is 23.8 Å². The normalized spacial score (nSPS) is 12.7. The number of benzene rings is 1. The van der Waals surface area contributed by atoms with Gasteiger partial charge in [-0.2, -0.15) is 11.8 Å². The molecule has 17 heavy (non-hydrogen) atoms. The van der Waals surface area contributed by atoms with E-state index in [-0.39, 0.29) is 0 Å². The van der Waals surface area contributed by atoms with Crippen LogP contribution in [0.3, 0.4) is 0 Å². The van der Waals surface area contributed by atoms with Crippen LogP contribution in [0.5, 0.6) is 5.75 Å². The Labute approximate surface area is 107 Å². The lowest BCUT2D eigenvalue weighted by atomic mass is 10.3. The fourth-order valence-corrected chi connectivity index (χ4v) is 2.26. The Balaban J connectivity index is 2.24. The van der Waals surface area contributed by atoms with E-state index < -0.39 is 6.10 Å². The second-order valence-electron chi connectivity index (χ2n) is 4.43. The van der Waals surface area contributed by atoms with Gasteiger partial charge in [0.1, 0.15) is 12.4 Å². The molecule has 0 aliphatic heterocycles. The van der Waals surface area contributed by atoms with E-state index in [1.165, 1.54) is 0 Å². The predicted octanol–water partition coefficient (Wildman–Crippen LogP) is 2.40. The molecule has 0 bridgehead atoms. The first-order valence-corrected chi connectivity index (χ1v) is 6.98. The van der Waals surface area contributed by atoms with Crippen LogP contribution in [0.15, 0.2) is 24.3 Å². The smallest absolute Gasteiger partial charge is 0.142 e. The van der Waals surface area contributed by atoms with Crippen molar-refractivity contribution in [3.8, 4) is 5.75 Å². The minimum atomic E-state index is -0.446. The number of hydrogen-bond donors (Lipinski definition) is 2. The molecular weight excluding hydrogens is 234 g/mol. The maximum absolute atomic E-state index is 9.73. The van der Waals surface area contributed by atoms with Gasteiger partial charge < -0.3 is 15.6 Å². The molecule has 1 aromatic carbocycles. The van der Waals surface area contributed by atoms with E-state index in [0.717, 1.165) is 5.75 Å². The standard InChI is InChI=1S/C13H21NO2S/c1-10(2)8-17-9-11(15)7-16-13-6-4-3-5-12(13)14/h3-6,10-11,15H,7-9,14H2,1-2H3. The summed E-state index contributed by atoms with van der Waals surface area (Å²) >= 11 is 1.75. The lowest BCUT2D eigenvalue weighted by molar-refractivity contribution is 0.127. The van der Waals surface area contributed by atoms with Gasteiger partial charge in [0.2, 0.25) is 0 Å². The van der Waals surface area contributed by atoms with Gasteiger partial charge in [-0.25, -0.2) is 0 Å². The Kier molecular flexibility index (Phi) is 6.22. The molecule has 3 nitrogen and oxygen atoms in total. The number of aliphatic hydroxyl groups excluding tert-OH is 1. The molecule has 0 fully saturated rings. The van der Waals surface area contributed by atoms with Gasteiger partial charge in [0.25, 0.3) is 0 Å². The third kappa shape index (κ3) is 5.84. The van der Waals surface area contributed by atoms with Gasteiger partial charge in [0, 0.05) is 5.75 Å². The third-order valence-corrected chi connectivity index (χ3v) is 3.63. The summed E-state index contributed by atoms with van der Waals surface area (Å²) in [7, 11) is 0. The molecule has 0 heterocycles. The maximum atomic E-state index is 9.73. The molecule has 4 heteroatoms. The van der Waals surface area contributed by atoms with Crippen molar-refractivity contribution in [2.75, 3.05) is 23.8 Å². The fourth-order valence-electron chi connectivity index (χ4n) is 1.29. The van der Waals surface area contributed by atoms with Crippen molar-refractivity contribution in [1.82, 2.24) is 0 Å². The van der Waals surface area contributed by atoms with E-state index in [1.807, 2.05) is 18.2 Å². The molecule has 1 atom stereocenters. The Morgan fingerprint density at radius 3 is 2.65 bits per heavy atom. The molecule has 0 aliphatic carbocycles. The van der Waals surface area contributed by atoms with Crippen molar-refractivity contribution in [2.24, 2.45) is 5.92 Å². The summed E-state index contributed by atoms with van der Waals surface area (Å²) in [4.78, 5) is 0. The third-order valence-electron chi connectivity index (χ3n) is 2.11. The van der Waals surface area contributed by atoms with Crippen LogP contribution < -0.4 is 10.5 Å². The molecule has 0 saturated carbocycles. The van der Waals surface area contributed by atoms with Crippen molar-refractivity contribution in [3.05, 3.63) is 24.3 Å². The molecule has 0 aromatic heterocycles. The van der Waals surface area contributed by atoms with E-state index in [4.69, 9.17) is 10.5 Å². The van der Waals surface area contributed by atoms with E-state index in [0.29, 0.717) is 29.7 Å². The summed E-state index contributed by atoms with van der Waals surface area (Å²) < 4.78 is 5.47. The Morgan fingerprint density at radius 1 is 1.29 bits per heavy atom. The first-order chi connectivity index (χ1) is 8.09. The number of hydrogen-bond acceptors (Lipinski definition) is 4. The molecular formula is C13H21NO2S. The summed E-state index contributed by atoms with van der Waals surface area (Å²) in [6, 6.07) is 7.32. The molecule has 0 spiro atoms. The summed E-state index contributed by atoms with van der Waals surface area (Å²) in [6.07, 6.45) is -0.446. The van der Waals surface area contributed by atoms with Crippen LogP contribution in [0.2, 0.25) is 0 Å². The SMILES string of the molecule is CC(C)CSCC(O)COc1ccccc1N. The average molecular weight is 255 g/mol. The lowest BCUT2D eigenvalue weighted by Crippen LogP contribution is -2.20. The highest BCUT2D eigenvalue weighted by molar-refractivity contribution is 7.99. The van der Waals surface area contributed by atoms with Crippen molar-refractivity contribution >= 4 is 17.4 Å². The van der Waals surface area contributed by atoms with Crippen molar-refractivity contribution in [2.45, 2.75) is 20.0 Å². The number of para-hydroxylation sites is 2. The highest BCUT2D eigenvalue weighted by atomic mass is 32.2. The second kappa shape index (κ2) is 7.45. The molecule has 96 valence electrons. The minimum absolute atomic E-state index is 0.291. The first-order valence-electron chi connectivity index (χ1n) is 5.82. The van der Waals surface area contributed by atoms with Crippen LogP contribution in [0, 0.1) is 5.92 Å². The zero-order valence-electron chi connectivity index (χ0n) is 10.4. The number of nitrogens with two attached hydrogens (primary N) is 1. The van der Waals surface area contributed by atoms with Gasteiger partial charge in [-0.15, -0.1) is 0 Å². The fraction of sp³-hybridized carbons (Fsp3) is 0.538. The van der Waals surface area contributed by atoms with Crippen molar-refractivity contribution < 1.29 is 9.84 Å². The lowest BCUT2D eigenvalue weighted by Gasteiger charge is -2.13. The van der Waals surface area contributed by atoms with E-state index in [9.17, 15) is 5.11 Å². The Hall–Kier alpha value is -0.870. The van der Waals surface area contributed by atoms with Crippen LogP contribution in [0.4, 0.5) is 5.69 Å². The zero-order valence-corrected chi connectivity index (χ0v) is 11.2. The quantitative estimate of drug-likeness (QED) is 0.735. The summed E-state index contributed by atoms with van der Waals surface area (Å²) in [5.74, 6) is 3.05. The molecule has 3 N–H and O–H groups in total. The van der Waals surface area contributed by atoms with E-state index in [1.54, 1.807) is 17.8 Å². The molecule has 1 unspecified atom stereocenters. The maximum Gasteiger partial charge on any atom is 0.142 e. The van der Waals surface area contributed by atoms with Crippen LogP contribution in [0.25, 0.3) is 0 Å². The number of ether oxygens (including phenoxy) is 1. The summed E-state index contributed by atoms with van der Waals surface area (Å²) in [5.41, 5.74) is 6.34. The molecule has 0 amide bonds. The highest BCUT2D eigenvalue weighted by Crippen LogP contribution is 2.20. The number of nitrogen functional groups attached to an aromatic ring is 1. The van der Waals surface area contributed by atoms with Gasteiger partial charge in [-0.1, -0.05) is 26.0 Å². The number of thioether (sulfide) groups is 1. The van der Waals surface area contributed by atoms with Crippen LogP contribution in [0.1, 0.15) is 13.8 Å². The number of rotatable bonds is 7. The second-order valence-corrected chi connectivity index (χ2v) is 5.51. The average Bonchev–Trinajstić information content (AvgIpc) is 2.27. The summed E-state index contributed by atoms with van der Waals surface area (Å²) in [6.45, 7) is 4.63. The van der Waals surface area contributed by atoms with E-state index in [2.05, 4.69) is 13.8 Å².